The number of nitrogens with zero attached hydrogens (tertiary/aromatic N) is 1. The van der Waals surface area contributed by atoms with E-state index in [1.807, 2.05) is 23.1 Å². The summed E-state index contributed by atoms with van der Waals surface area (Å²) in [7, 11) is 0. The zero-order chi connectivity index (χ0) is 13.7. The van der Waals surface area contributed by atoms with E-state index in [-0.39, 0.29) is 0 Å². The predicted molar refractivity (Wildman–Crippen MR) is 74.3 cm³/mol. The minimum Gasteiger partial charge on any atom is -0.480 e. The second-order valence-electron chi connectivity index (χ2n) is 4.34. The Balaban J connectivity index is 2.07. The topological polar surface area (TPSA) is 49.8 Å². The lowest BCUT2D eigenvalue weighted by Gasteiger charge is -2.30. The van der Waals surface area contributed by atoms with Crippen molar-refractivity contribution < 1.29 is 14.6 Å². The molecule has 19 heavy (non-hydrogen) atoms. The second-order valence-corrected chi connectivity index (χ2v) is 4.78. The number of ether oxygens (including phenoxy) is 1. The highest BCUT2D eigenvalue weighted by molar-refractivity contribution is 6.30. The molecule has 0 amide bonds. The molecule has 1 heterocycles. The minimum atomic E-state index is -0.841. The monoisotopic (exact) mass is 281 g/mol. The van der Waals surface area contributed by atoms with Gasteiger partial charge in [0.25, 0.3) is 0 Å². The van der Waals surface area contributed by atoms with E-state index in [4.69, 9.17) is 16.3 Å². The molecule has 1 aliphatic rings. The van der Waals surface area contributed by atoms with Crippen molar-refractivity contribution in [3.05, 3.63) is 40.9 Å². The van der Waals surface area contributed by atoms with E-state index < -0.39 is 12.0 Å². The highest BCUT2D eigenvalue weighted by atomic mass is 35.5. The van der Waals surface area contributed by atoms with E-state index >= 15 is 0 Å². The summed E-state index contributed by atoms with van der Waals surface area (Å²) in [6.45, 7) is 2.45. The smallest absolute Gasteiger partial charge is 0.324 e. The summed E-state index contributed by atoms with van der Waals surface area (Å²) in [5.41, 5.74) is 0.934. The molecule has 1 saturated heterocycles. The maximum absolute atomic E-state index is 11.3. The van der Waals surface area contributed by atoms with E-state index in [0.29, 0.717) is 31.3 Å². The van der Waals surface area contributed by atoms with Gasteiger partial charge in [0.05, 0.1) is 13.2 Å². The van der Waals surface area contributed by atoms with E-state index in [0.717, 1.165) is 5.56 Å². The summed E-state index contributed by atoms with van der Waals surface area (Å²) in [5.74, 6) is -0.841. The van der Waals surface area contributed by atoms with Crippen molar-refractivity contribution in [3.8, 4) is 0 Å². The fourth-order valence-corrected chi connectivity index (χ4v) is 2.12. The Morgan fingerprint density at radius 1 is 1.32 bits per heavy atom. The summed E-state index contributed by atoms with van der Waals surface area (Å²) in [6.07, 6.45) is 3.52. The zero-order valence-corrected chi connectivity index (χ0v) is 11.2. The molecule has 0 radical (unpaired) electrons. The number of halogens is 1. The van der Waals surface area contributed by atoms with Crippen molar-refractivity contribution >= 4 is 23.6 Å². The lowest BCUT2D eigenvalue weighted by molar-refractivity contribution is -0.142. The van der Waals surface area contributed by atoms with Crippen LogP contribution in [0.4, 0.5) is 0 Å². The molecule has 1 aromatic rings. The molecule has 0 aliphatic carbocycles. The number of rotatable bonds is 4. The number of carbonyl (C=O) groups is 1. The molecule has 0 aromatic heterocycles. The Kier molecular flexibility index (Phi) is 4.96. The number of carboxylic acids is 1. The van der Waals surface area contributed by atoms with Gasteiger partial charge >= 0.3 is 5.97 Å². The van der Waals surface area contributed by atoms with Crippen LogP contribution in [0.1, 0.15) is 5.56 Å². The van der Waals surface area contributed by atoms with Crippen LogP contribution in [0.25, 0.3) is 6.08 Å². The summed E-state index contributed by atoms with van der Waals surface area (Å²) >= 11 is 5.81. The van der Waals surface area contributed by atoms with Gasteiger partial charge in [-0.1, -0.05) is 35.9 Å². The molecule has 4 nitrogen and oxygen atoms in total. The van der Waals surface area contributed by atoms with Gasteiger partial charge in [-0.25, -0.2) is 0 Å². The number of carboxylic acid groups (broad SMARTS) is 1. The lowest BCUT2D eigenvalue weighted by atomic mass is 10.1. The van der Waals surface area contributed by atoms with E-state index in [9.17, 15) is 9.90 Å². The molecule has 102 valence electrons. The largest absolute Gasteiger partial charge is 0.480 e. The molecule has 0 bridgehead atoms. The van der Waals surface area contributed by atoms with Gasteiger partial charge in [-0.3, -0.25) is 9.69 Å². The maximum atomic E-state index is 11.3. The Morgan fingerprint density at radius 3 is 2.53 bits per heavy atom. The molecule has 0 saturated carbocycles. The highest BCUT2D eigenvalue weighted by Crippen LogP contribution is 2.12. The van der Waals surface area contributed by atoms with Crippen LogP contribution in [-0.2, 0) is 9.53 Å². The number of hydrogen-bond acceptors (Lipinski definition) is 3. The number of morpholine rings is 1. The Morgan fingerprint density at radius 2 is 1.95 bits per heavy atom. The molecule has 1 aliphatic heterocycles. The first-order valence-corrected chi connectivity index (χ1v) is 6.53. The molecule has 1 fully saturated rings. The average molecular weight is 282 g/mol. The van der Waals surface area contributed by atoms with Gasteiger partial charge < -0.3 is 9.84 Å². The van der Waals surface area contributed by atoms with E-state index in [1.54, 1.807) is 18.2 Å². The van der Waals surface area contributed by atoms with Crippen LogP contribution in [0.2, 0.25) is 5.02 Å². The van der Waals surface area contributed by atoms with Crippen molar-refractivity contribution in [1.82, 2.24) is 4.90 Å². The Hall–Kier alpha value is -1.36. The minimum absolute atomic E-state index is 0.582. The lowest BCUT2D eigenvalue weighted by Crippen LogP contribution is -2.46. The van der Waals surface area contributed by atoms with E-state index in [2.05, 4.69) is 0 Å². The third kappa shape index (κ3) is 4.06. The molecule has 2 rings (SSSR count). The van der Waals surface area contributed by atoms with Crippen molar-refractivity contribution in [2.45, 2.75) is 6.04 Å². The fourth-order valence-electron chi connectivity index (χ4n) is 1.99. The molecule has 1 N–H and O–H groups in total. The van der Waals surface area contributed by atoms with Gasteiger partial charge in [0, 0.05) is 18.1 Å². The first kappa shape index (κ1) is 14.1. The van der Waals surface area contributed by atoms with Crippen LogP contribution in [0, 0.1) is 0 Å². The summed E-state index contributed by atoms with van der Waals surface area (Å²) in [5, 5.41) is 9.96. The molecule has 1 atom stereocenters. The van der Waals surface area contributed by atoms with Crippen molar-refractivity contribution in [3.63, 3.8) is 0 Å². The first-order valence-electron chi connectivity index (χ1n) is 6.15. The second kappa shape index (κ2) is 6.70. The van der Waals surface area contributed by atoms with Gasteiger partial charge in [-0.15, -0.1) is 0 Å². The SMILES string of the molecule is O=C(O)C(/C=C/c1ccc(Cl)cc1)N1CCOCC1. The molecule has 1 aromatic carbocycles. The first-order chi connectivity index (χ1) is 9.16. The zero-order valence-electron chi connectivity index (χ0n) is 10.5. The Labute approximate surface area is 117 Å². The highest BCUT2D eigenvalue weighted by Gasteiger charge is 2.24. The molecule has 1 unspecified atom stereocenters. The van der Waals surface area contributed by atoms with Crippen molar-refractivity contribution in [1.29, 1.82) is 0 Å². The fraction of sp³-hybridized carbons (Fsp3) is 0.357. The maximum Gasteiger partial charge on any atom is 0.324 e. The van der Waals surface area contributed by atoms with Crippen molar-refractivity contribution in [2.75, 3.05) is 26.3 Å². The molecule has 0 spiro atoms. The van der Waals surface area contributed by atoms with Gasteiger partial charge in [0.1, 0.15) is 6.04 Å². The normalized spacial score (nSPS) is 18.6. The molecule has 5 heteroatoms. The van der Waals surface area contributed by atoms with Gasteiger partial charge in [0.2, 0.25) is 0 Å². The number of aliphatic carboxylic acids is 1. The van der Waals surface area contributed by atoms with Gasteiger partial charge in [0.15, 0.2) is 0 Å². The van der Waals surface area contributed by atoms with Crippen molar-refractivity contribution in [2.24, 2.45) is 0 Å². The molecular weight excluding hydrogens is 266 g/mol. The standard InChI is InChI=1S/C14H16ClNO3/c15-12-4-1-11(2-5-12)3-6-13(14(17)18)16-7-9-19-10-8-16/h1-6,13H,7-10H2,(H,17,18)/b6-3+. The number of benzene rings is 1. The third-order valence-electron chi connectivity index (χ3n) is 3.03. The van der Waals surface area contributed by atoms with Gasteiger partial charge in [-0.05, 0) is 17.7 Å². The number of hydrogen-bond donors (Lipinski definition) is 1. The Bertz CT molecular complexity index is 452. The van der Waals surface area contributed by atoms with E-state index in [1.165, 1.54) is 0 Å². The van der Waals surface area contributed by atoms with Crippen LogP contribution < -0.4 is 0 Å². The van der Waals surface area contributed by atoms with Crippen LogP contribution in [0.5, 0.6) is 0 Å². The van der Waals surface area contributed by atoms with Crippen LogP contribution in [0.15, 0.2) is 30.3 Å². The quantitative estimate of drug-likeness (QED) is 0.919. The average Bonchev–Trinajstić information content (AvgIpc) is 2.42. The summed E-state index contributed by atoms with van der Waals surface area (Å²) < 4.78 is 5.23. The van der Waals surface area contributed by atoms with Gasteiger partial charge in [-0.2, -0.15) is 0 Å². The van der Waals surface area contributed by atoms with Crippen LogP contribution in [0.3, 0.4) is 0 Å². The summed E-state index contributed by atoms with van der Waals surface area (Å²) in [4.78, 5) is 13.2. The van der Waals surface area contributed by atoms with Crippen LogP contribution in [-0.4, -0.2) is 48.3 Å². The third-order valence-corrected chi connectivity index (χ3v) is 3.29. The predicted octanol–water partition coefficient (Wildman–Crippen LogP) is 2.14. The molecular formula is C14H16ClNO3. The summed E-state index contributed by atoms with van der Waals surface area (Å²) in [6, 6.07) is 6.67. The van der Waals surface area contributed by atoms with Crippen LogP contribution >= 0.6 is 11.6 Å².